The van der Waals surface area contributed by atoms with Crippen molar-refractivity contribution in [2.45, 2.75) is 25.3 Å². The molecule has 0 saturated heterocycles. The summed E-state index contributed by atoms with van der Waals surface area (Å²) in [5.41, 5.74) is 1.66. The first-order valence-electron chi connectivity index (χ1n) is 8.70. The van der Waals surface area contributed by atoms with Gasteiger partial charge in [0.2, 0.25) is 0 Å². The molecule has 0 unspecified atom stereocenters. The molecular weight excluding hydrogens is 326 g/mol. The predicted molar refractivity (Wildman–Crippen MR) is 102 cm³/mol. The standard InChI is InChI=1S/C22H21NO3/c24-21(19-14-7-12-17-11-4-5-13-18(17)19)23-20(22(25)26)15-6-10-16-8-2-1-3-9-16/h1-5,7-9,11-14,20H,6,10,15H2,(H,23,24)(H,25,26)/t20-/m1/s1. The molecule has 0 spiro atoms. The second-order valence-corrected chi connectivity index (χ2v) is 6.27. The Hall–Kier alpha value is -3.14. The Kier molecular flexibility index (Phi) is 5.64. The van der Waals surface area contributed by atoms with Gasteiger partial charge in [0.15, 0.2) is 0 Å². The van der Waals surface area contributed by atoms with Crippen LogP contribution in [0.4, 0.5) is 0 Å². The first-order chi connectivity index (χ1) is 12.6. The summed E-state index contributed by atoms with van der Waals surface area (Å²) in [7, 11) is 0. The smallest absolute Gasteiger partial charge is 0.326 e. The molecule has 0 saturated carbocycles. The number of hydrogen-bond donors (Lipinski definition) is 2. The molecule has 132 valence electrons. The Morgan fingerprint density at radius 2 is 1.58 bits per heavy atom. The van der Waals surface area contributed by atoms with Gasteiger partial charge in [0.1, 0.15) is 6.04 Å². The van der Waals surface area contributed by atoms with E-state index in [1.54, 1.807) is 6.07 Å². The van der Waals surface area contributed by atoms with Gasteiger partial charge in [-0.1, -0.05) is 66.7 Å². The Bertz CT molecular complexity index is 900. The summed E-state index contributed by atoms with van der Waals surface area (Å²) in [5.74, 6) is -1.36. The van der Waals surface area contributed by atoms with Crippen molar-refractivity contribution in [3.8, 4) is 0 Å². The summed E-state index contributed by atoms with van der Waals surface area (Å²) < 4.78 is 0. The molecule has 3 aromatic rings. The summed E-state index contributed by atoms with van der Waals surface area (Å²) in [6.45, 7) is 0. The van der Waals surface area contributed by atoms with Gasteiger partial charge in [-0.2, -0.15) is 0 Å². The van der Waals surface area contributed by atoms with Crippen LogP contribution in [0.15, 0.2) is 72.8 Å². The summed E-state index contributed by atoms with van der Waals surface area (Å²) in [6.07, 6.45) is 1.87. The second kappa shape index (κ2) is 8.30. The van der Waals surface area contributed by atoms with Gasteiger partial charge in [0.05, 0.1) is 0 Å². The van der Waals surface area contributed by atoms with E-state index in [0.29, 0.717) is 18.4 Å². The maximum atomic E-state index is 12.6. The number of carbonyl (C=O) groups excluding carboxylic acids is 1. The monoisotopic (exact) mass is 347 g/mol. The van der Waals surface area contributed by atoms with Crippen LogP contribution in [0.1, 0.15) is 28.8 Å². The zero-order chi connectivity index (χ0) is 18.4. The highest BCUT2D eigenvalue weighted by atomic mass is 16.4. The third-order valence-electron chi connectivity index (χ3n) is 4.44. The average molecular weight is 347 g/mol. The van der Waals surface area contributed by atoms with Crippen molar-refractivity contribution >= 4 is 22.6 Å². The van der Waals surface area contributed by atoms with E-state index >= 15 is 0 Å². The SMILES string of the molecule is O=C(N[C@H](CCCc1ccccc1)C(=O)O)c1cccc2ccccc12. The summed E-state index contributed by atoms with van der Waals surface area (Å²) in [6, 6.07) is 22.1. The fourth-order valence-corrected chi connectivity index (χ4v) is 3.07. The van der Waals surface area contributed by atoms with Gasteiger partial charge >= 0.3 is 5.97 Å². The molecule has 3 rings (SSSR count). The van der Waals surface area contributed by atoms with E-state index in [-0.39, 0.29) is 5.91 Å². The van der Waals surface area contributed by atoms with E-state index < -0.39 is 12.0 Å². The van der Waals surface area contributed by atoms with Crippen molar-refractivity contribution in [2.75, 3.05) is 0 Å². The van der Waals surface area contributed by atoms with Crippen LogP contribution in [0.25, 0.3) is 10.8 Å². The number of carboxylic acid groups (broad SMARTS) is 1. The van der Waals surface area contributed by atoms with E-state index in [2.05, 4.69) is 5.32 Å². The maximum absolute atomic E-state index is 12.6. The molecule has 0 radical (unpaired) electrons. The van der Waals surface area contributed by atoms with Crippen LogP contribution in [0.3, 0.4) is 0 Å². The van der Waals surface area contributed by atoms with Crippen LogP contribution in [0, 0.1) is 0 Å². The molecule has 0 bridgehead atoms. The number of carboxylic acids is 1. The van der Waals surface area contributed by atoms with Crippen molar-refractivity contribution in [1.82, 2.24) is 5.32 Å². The summed E-state index contributed by atoms with van der Waals surface area (Å²) in [5, 5.41) is 13.9. The third-order valence-corrected chi connectivity index (χ3v) is 4.44. The van der Waals surface area contributed by atoms with Gasteiger partial charge in [0.25, 0.3) is 5.91 Å². The Labute approximate surface area is 152 Å². The molecule has 4 nitrogen and oxygen atoms in total. The van der Waals surface area contributed by atoms with E-state index in [0.717, 1.165) is 22.8 Å². The van der Waals surface area contributed by atoms with E-state index in [4.69, 9.17) is 0 Å². The van der Waals surface area contributed by atoms with E-state index in [1.807, 2.05) is 66.7 Å². The van der Waals surface area contributed by atoms with Gasteiger partial charge in [-0.15, -0.1) is 0 Å². The molecule has 0 aromatic heterocycles. The zero-order valence-corrected chi connectivity index (χ0v) is 14.4. The van der Waals surface area contributed by atoms with Crippen LogP contribution in [0.2, 0.25) is 0 Å². The number of fused-ring (bicyclic) bond motifs is 1. The van der Waals surface area contributed by atoms with Crippen LogP contribution >= 0.6 is 0 Å². The molecule has 1 atom stereocenters. The van der Waals surface area contributed by atoms with Crippen molar-refractivity contribution in [3.05, 3.63) is 83.9 Å². The predicted octanol–water partition coefficient (Wildman–Crippen LogP) is 4.05. The van der Waals surface area contributed by atoms with Gasteiger partial charge < -0.3 is 10.4 Å². The number of amides is 1. The number of rotatable bonds is 7. The van der Waals surface area contributed by atoms with Gasteiger partial charge in [-0.05, 0) is 41.7 Å². The summed E-state index contributed by atoms with van der Waals surface area (Å²) in [4.78, 5) is 24.2. The van der Waals surface area contributed by atoms with Crippen molar-refractivity contribution in [3.63, 3.8) is 0 Å². The fraction of sp³-hybridized carbons (Fsp3) is 0.182. The molecular formula is C22H21NO3. The molecule has 0 aliphatic heterocycles. The minimum Gasteiger partial charge on any atom is -0.480 e. The molecule has 1 amide bonds. The normalized spacial score (nSPS) is 11.8. The highest BCUT2D eigenvalue weighted by Crippen LogP contribution is 2.18. The Morgan fingerprint density at radius 3 is 2.35 bits per heavy atom. The number of nitrogens with one attached hydrogen (secondary N) is 1. The second-order valence-electron chi connectivity index (χ2n) is 6.27. The Morgan fingerprint density at radius 1 is 0.885 bits per heavy atom. The lowest BCUT2D eigenvalue weighted by molar-refractivity contribution is -0.139. The first-order valence-corrected chi connectivity index (χ1v) is 8.70. The van der Waals surface area contributed by atoms with Gasteiger partial charge in [-0.25, -0.2) is 4.79 Å². The van der Waals surface area contributed by atoms with Gasteiger partial charge in [-0.3, -0.25) is 4.79 Å². The number of carbonyl (C=O) groups is 2. The molecule has 0 aliphatic rings. The third kappa shape index (κ3) is 4.28. The van der Waals surface area contributed by atoms with E-state index in [1.165, 1.54) is 0 Å². The van der Waals surface area contributed by atoms with Crippen LogP contribution < -0.4 is 5.32 Å². The topological polar surface area (TPSA) is 66.4 Å². The molecule has 0 fully saturated rings. The maximum Gasteiger partial charge on any atom is 0.326 e. The largest absolute Gasteiger partial charge is 0.480 e. The quantitative estimate of drug-likeness (QED) is 0.678. The molecule has 4 heteroatoms. The number of hydrogen-bond acceptors (Lipinski definition) is 2. The summed E-state index contributed by atoms with van der Waals surface area (Å²) >= 11 is 0. The van der Waals surface area contributed by atoms with Crippen LogP contribution in [0.5, 0.6) is 0 Å². The molecule has 2 N–H and O–H groups in total. The number of aliphatic carboxylic acids is 1. The number of benzene rings is 3. The van der Waals surface area contributed by atoms with Crippen molar-refractivity contribution < 1.29 is 14.7 Å². The van der Waals surface area contributed by atoms with Crippen LogP contribution in [-0.4, -0.2) is 23.0 Å². The van der Waals surface area contributed by atoms with Gasteiger partial charge in [0, 0.05) is 5.56 Å². The average Bonchev–Trinajstić information content (AvgIpc) is 2.67. The highest BCUT2D eigenvalue weighted by molar-refractivity contribution is 6.07. The minimum atomic E-state index is -1.01. The molecule has 0 aliphatic carbocycles. The molecule has 3 aromatic carbocycles. The first kappa shape index (κ1) is 17.7. The minimum absolute atomic E-state index is 0.353. The molecule has 0 heterocycles. The van der Waals surface area contributed by atoms with Crippen molar-refractivity contribution in [2.24, 2.45) is 0 Å². The van der Waals surface area contributed by atoms with E-state index in [9.17, 15) is 14.7 Å². The van der Waals surface area contributed by atoms with Crippen LogP contribution in [-0.2, 0) is 11.2 Å². The lowest BCUT2D eigenvalue weighted by Gasteiger charge is -2.15. The zero-order valence-electron chi connectivity index (χ0n) is 14.4. The molecule has 26 heavy (non-hydrogen) atoms. The lowest BCUT2D eigenvalue weighted by atomic mass is 10.0. The fourth-order valence-electron chi connectivity index (χ4n) is 3.07. The number of aryl methyl sites for hydroxylation is 1. The van der Waals surface area contributed by atoms with Crippen molar-refractivity contribution in [1.29, 1.82) is 0 Å². The Balaban J connectivity index is 1.67. The lowest BCUT2D eigenvalue weighted by Crippen LogP contribution is -2.40. The highest BCUT2D eigenvalue weighted by Gasteiger charge is 2.21.